The summed E-state index contributed by atoms with van der Waals surface area (Å²) < 4.78 is 10.5. The third-order valence-corrected chi connectivity index (χ3v) is 2.62. The average molecular weight is 250 g/mol. The van der Waals surface area contributed by atoms with Gasteiger partial charge in [-0.25, -0.2) is 0 Å². The first-order chi connectivity index (χ1) is 8.81. The van der Waals surface area contributed by atoms with E-state index in [0.717, 1.165) is 37.9 Å². The molecule has 1 N–H and O–H groups in total. The molecule has 2 heterocycles. The van der Waals surface area contributed by atoms with Gasteiger partial charge < -0.3 is 14.3 Å². The van der Waals surface area contributed by atoms with Gasteiger partial charge in [0.2, 0.25) is 5.89 Å². The van der Waals surface area contributed by atoms with Crippen molar-refractivity contribution in [2.24, 2.45) is 0 Å². The molecule has 6 nitrogen and oxygen atoms in total. The van der Waals surface area contributed by atoms with Crippen LogP contribution in [-0.2, 0) is 6.42 Å². The van der Waals surface area contributed by atoms with Crippen LogP contribution in [0.15, 0.2) is 15.1 Å². The van der Waals surface area contributed by atoms with Gasteiger partial charge in [0, 0.05) is 6.42 Å². The number of rotatable bonds is 7. The van der Waals surface area contributed by atoms with Crippen molar-refractivity contribution in [3.8, 4) is 11.5 Å². The van der Waals surface area contributed by atoms with E-state index in [1.165, 1.54) is 0 Å². The molecule has 0 spiro atoms. The molecule has 18 heavy (non-hydrogen) atoms. The molecule has 2 aromatic heterocycles. The molecular formula is C12H18N4O2. The Balaban J connectivity index is 1.85. The predicted molar refractivity (Wildman–Crippen MR) is 66.0 cm³/mol. The molecular weight excluding hydrogens is 232 g/mol. The second-order valence-electron chi connectivity index (χ2n) is 4.15. The molecule has 0 radical (unpaired) electrons. The monoisotopic (exact) mass is 250 g/mol. The molecule has 2 rings (SSSR count). The lowest BCUT2D eigenvalue weighted by atomic mass is 10.3. The molecule has 6 heteroatoms. The van der Waals surface area contributed by atoms with Crippen LogP contribution in [0.5, 0.6) is 0 Å². The fourth-order valence-electron chi connectivity index (χ4n) is 1.63. The zero-order valence-corrected chi connectivity index (χ0v) is 10.8. The Bertz CT molecular complexity index is 478. The summed E-state index contributed by atoms with van der Waals surface area (Å²) in [5, 5.41) is 15.0. The smallest absolute Gasteiger partial charge is 0.252 e. The van der Waals surface area contributed by atoms with E-state index < -0.39 is 0 Å². The van der Waals surface area contributed by atoms with E-state index >= 15 is 0 Å². The number of hydrogen-bond donors (Lipinski definition) is 1. The summed E-state index contributed by atoms with van der Waals surface area (Å²) in [7, 11) is 0. The predicted octanol–water partition coefficient (Wildman–Crippen LogP) is 1.97. The van der Waals surface area contributed by atoms with E-state index in [2.05, 4.69) is 27.6 Å². The number of aryl methyl sites for hydroxylation is 2. The second-order valence-corrected chi connectivity index (χ2v) is 4.15. The van der Waals surface area contributed by atoms with E-state index in [0.29, 0.717) is 17.5 Å². The number of hydrogen-bond acceptors (Lipinski definition) is 6. The summed E-state index contributed by atoms with van der Waals surface area (Å²) in [4.78, 5) is 0. The summed E-state index contributed by atoms with van der Waals surface area (Å²) in [6.45, 7) is 5.99. The Labute approximate surface area is 106 Å². The van der Waals surface area contributed by atoms with Gasteiger partial charge in [-0.05, 0) is 32.9 Å². The highest BCUT2D eigenvalue weighted by Crippen LogP contribution is 2.21. The van der Waals surface area contributed by atoms with E-state index in [1.54, 1.807) is 6.20 Å². The van der Waals surface area contributed by atoms with Crippen molar-refractivity contribution in [1.82, 2.24) is 20.7 Å². The molecule has 0 bridgehead atoms. The minimum atomic E-state index is 0.477. The topological polar surface area (TPSA) is 77.0 Å². The summed E-state index contributed by atoms with van der Waals surface area (Å²) in [6.07, 6.45) is 4.52. The van der Waals surface area contributed by atoms with Crippen LogP contribution in [0.4, 0.5) is 0 Å². The molecule has 0 amide bonds. The van der Waals surface area contributed by atoms with Crippen molar-refractivity contribution >= 4 is 0 Å². The van der Waals surface area contributed by atoms with Gasteiger partial charge in [0.05, 0.1) is 6.20 Å². The fraction of sp³-hybridized carbons (Fsp3) is 0.583. The van der Waals surface area contributed by atoms with Crippen molar-refractivity contribution in [2.45, 2.75) is 33.1 Å². The highest BCUT2D eigenvalue weighted by molar-refractivity contribution is 5.52. The third-order valence-electron chi connectivity index (χ3n) is 2.62. The molecule has 0 aliphatic heterocycles. The molecule has 98 valence electrons. The molecule has 0 atom stereocenters. The molecule has 0 saturated heterocycles. The van der Waals surface area contributed by atoms with Crippen LogP contribution in [0.1, 0.15) is 31.4 Å². The van der Waals surface area contributed by atoms with Crippen molar-refractivity contribution in [3.63, 3.8) is 0 Å². The SMILES string of the molecule is CCCNCCCc1nnc(-c2cnoc2C)o1. The molecule has 0 fully saturated rings. The van der Waals surface area contributed by atoms with Crippen molar-refractivity contribution in [1.29, 1.82) is 0 Å². The second kappa shape index (κ2) is 6.30. The van der Waals surface area contributed by atoms with Crippen LogP contribution in [0.25, 0.3) is 11.5 Å². The summed E-state index contributed by atoms with van der Waals surface area (Å²) in [5.41, 5.74) is 0.762. The van der Waals surface area contributed by atoms with Crippen LogP contribution in [0, 0.1) is 6.92 Å². The fourth-order valence-corrected chi connectivity index (χ4v) is 1.63. The number of nitrogens with one attached hydrogen (secondary N) is 1. The summed E-state index contributed by atoms with van der Waals surface area (Å²) >= 11 is 0. The van der Waals surface area contributed by atoms with Gasteiger partial charge in [0.15, 0.2) is 0 Å². The summed E-state index contributed by atoms with van der Waals surface area (Å²) in [5.74, 6) is 1.82. The molecule has 0 aliphatic carbocycles. The van der Waals surface area contributed by atoms with Crippen LogP contribution in [0.3, 0.4) is 0 Å². The van der Waals surface area contributed by atoms with Gasteiger partial charge in [-0.2, -0.15) is 0 Å². The normalized spacial score (nSPS) is 11.0. The first-order valence-corrected chi connectivity index (χ1v) is 6.26. The quantitative estimate of drug-likeness (QED) is 0.757. The Morgan fingerprint density at radius 1 is 1.28 bits per heavy atom. The minimum absolute atomic E-state index is 0.477. The zero-order chi connectivity index (χ0) is 12.8. The standard InChI is InChI=1S/C12H18N4O2/c1-3-6-13-7-4-5-11-15-16-12(17-11)10-8-14-18-9(10)2/h8,13H,3-7H2,1-2H3. The van der Waals surface area contributed by atoms with Crippen LogP contribution in [-0.4, -0.2) is 28.4 Å². The van der Waals surface area contributed by atoms with E-state index in [9.17, 15) is 0 Å². The lowest BCUT2D eigenvalue weighted by Gasteiger charge is -1.99. The van der Waals surface area contributed by atoms with E-state index in [1.807, 2.05) is 6.92 Å². The van der Waals surface area contributed by atoms with Crippen LogP contribution < -0.4 is 5.32 Å². The molecule has 0 unspecified atom stereocenters. The average Bonchev–Trinajstić information content (AvgIpc) is 2.97. The third kappa shape index (κ3) is 3.16. The van der Waals surface area contributed by atoms with Gasteiger partial charge >= 0.3 is 0 Å². The maximum Gasteiger partial charge on any atom is 0.252 e. The Morgan fingerprint density at radius 3 is 2.89 bits per heavy atom. The Hall–Kier alpha value is -1.69. The maximum absolute atomic E-state index is 5.57. The largest absolute Gasteiger partial charge is 0.421 e. The van der Waals surface area contributed by atoms with Gasteiger partial charge in [0.1, 0.15) is 11.3 Å². The van der Waals surface area contributed by atoms with Crippen molar-refractivity contribution < 1.29 is 8.94 Å². The maximum atomic E-state index is 5.57. The van der Waals surface area contributed by atoms with E-state index in [-0.39, 0.29) is 0 Å². The van der Waals surface area contributed by atoms with Crippen molar-refractivity contribution in [3.05, 3.63) is 17.8 Å². The Kier molecular flexibility index (Phi) is 4.46. The molecule has 0 aromatic carbocycles. The number of nitrogens with zero attached hydrogens (tertiary/aromatic N) is 3. The van der Waals surface area contributed by atoms with Crippen LogP contribution >= 0.6 is 0 Å². The highest BCUT2D eigenvalue weighted by atomic mass is 16.5. The molecule has 2 aromatic rings. The molecule has 0 aliphatic rings. The molecule has 0 saturated carbocycles. The van der Waals surface area contributed by atoms with Gasteiger partial charge in [0.25, 0.3) is 5.89 Å². The van der Waals surface area contributed by atoms with Crippen LogP contribution in [0.2, 0.25) is 0 Å². The number of aromatic nitrogens is 3. The first kappa shape index (κ1) is 12.8. The van der Waals surface area contributed by atoms with Gasteiger partial charge in [-0.1, -0.05) is 12.1 Å². The first-order valence-electron chi connectivity index (χ1n) is 6.26. The lowest BCUT2D eigenvalue weighted by molar-refractivity contribution is 0.397. The van der Waals surface area contributed by atoms with Gasteiger partial charge in [-0.3, -0.25) is 0 Å². The Morgan fingerprint density at radius 2 is 2.17 bits per heavy atom. The highest BCUT2D eigenvalue weighted by Gasteiger charge is 2.13. The minimum Gasteiger partial charge on any atom is -0.421 e. The zero-order valence-electron chi connectivity index (χ0n) is 10.8. The summed E-state index contributed by atoms with van der Waals surface area (Å²) in [6, 6.07) is 0. The van der Waals surface area contributed by atoms with Gasteiger partial charge in [-0.15, -0.1) is 10.2 Å². The van der Waals surface area contributed by atoms with E-state index in [4.69, 9.17) is 8.94 Å². The van der Waals surface area contributed by atoms with Crippen molar-refractivity contribution in [2.75, 3.05) is 13.1 Å². The lowest BCUT2D eigenvalue weighted by Crippen LogP contribution is -2.16.